The maximum atomic E-state index is 14.0. The lowest BCUT2D eigenvalue weighted by atomic mass is 10.2. The van der Waals surface area contributed by atoms with Gasteiger partial charge in [-0.15, -0.1) is 0 Å². The Morgan fingerprint density at radius 3 is 2.23 bits per heavy atom. The van der Waals surface area contributed by atoms with Gasteiger partial charge < -0.3 is 4.57 Å². The Bertz CT molecular complexity index is 1250. The molecule has 2 heterocycles. The summed E-state index contributed by atoms with van der Waals surface area (Å²) >= 11 is 3.48. The van der Waals surface area contributed by atoms with Gasteiger partial charge in [0.2, 0.25) is 10.0 Å². The zero-order valence-corrected chi connectivity index (χ0v) is 18.2. The minimum atomic E-state index is -4.27. The van der Waals surface area contributed by atoms with Gasteiger partial charge in [-0.25, -0.2) is 17.2 Å². The van der Waals surface area contributed by atoms with Gasteiger partial charge in [-0.05, 0) is 40.2 Å². The molecule has 0 bridgehead atoms. The molecule has 0 aliphatic carbocycles. The molecule has 0 amide bonds. The summed E-state index contributed by atoms with van der Waals surface area (Å²) in [5.74, 6) is -2.19. The number of para-hydroxylation sites is 1. The van der Waals surface area contributed by atoms with E-state index in [9.17, 15) is 22.0 Å². The Labute approximate surface area is 180 Å². The van der Waals surface area contributed by atoms with Crippen molar-refractivity contribution in [3.63, 3.8) is 0 Å². The zero-order valence-electron chi connectivity index (χ0n) is 15.8. The van der Waals surface area contributed by atoms with Crippen molar-refractivity contribution in [2.45, 2.75) is 11.6 Å². The molecule has 0 saturated carbocycles. The van der Waals surface area contributed by atoms with Gasteiger partial charge in [0.1, 0.15) is 11.6 Å². The molecule has 0 radical (unpaired) electrons. The topological polar surface area (TPSA) is 62.6 Å². The standard InChI is InChI=1S/C20H18BrF2N3O3S/c21-15-4-1-3-14-18(27)7-8-25(19(14)15)13-24-9-11-26(12-10-24)30(28,29)20-16(22)5-2-6-17(20)23/h1-8H,9-13H2. The molecule has 0 N–H and O–H groups in total. The van der Waals surface area contributed by atoms with E-state index in [0.29, 0.717) is 25.1 Å². The predicted octanol–water partition coefficient (Wildman–Crippen LogP) is 3.01. The molecule has 1 aliphatic heterocycles. The van der Waals surface area contributed by atoms with E-state index >= 15 is 0 Å². The van der Waals surface area contributed by atoms with Crippen LogP contribution in [0.2, 0.25) is 0 Å². The van der Waals surface area contributed by atoms with Crippen LogP contribution in [0.5, 0.6) is 0 Å². The van der Waals surface area contributed by atoms with E-state index in [4.69, 9.17) is 0 Å². The average molecular weight is 498 g/mol. The lowest BCUT2D eigenvalue weighted by molar-refractivity contribution is 0.154. The molecule has 0 atom stereocenters. The van der Waals surface area contributed by atoms with Crippen molar-refractivity contribution >= 4 is 36.9 Å². The third kappa shape index (κ3) is 3.80. The number of fused-ring (bicyclic) bond motifs is 1. The van der Waals surface area contributed by atoms with Crippen molar-refractivity contribution in [2.75, 3.05) is 26.2 Å². The normalized spacial score (nSPS) is 16.2. The molecule has 158 valence electrons. The number of sulfonamides is 1. The summed E-state index contributed by atoms with van der Waals surface area (Å²) in [6.07, 6.45) is 1.70. The minimum Gasteiger partial charge on any atom is -0.333 e. The highest BCUT2D eigenvalue weighted by Gasteiger charge is 2.33. The second-order valence-corrected chi connectivity index (χ2v) is 9.73. The van der Waals surface area contributed by atoms with Crippen LogP contribution in [0.1, 0.15) is 0 Å². The summed E-state index contributed by atoms with van der Waals surface area (Å²) in [4.78, 5) is 13.2. The molecule has 1 fully saturated rings. The third-order valence-corrected chi connectivity index (χ3v) is 7.74. The quantitative estimate of drug-likeness (QED) is 0.555. The smallest absolute Gasteiger partial charge is 0.249 e. The highest BCUT2D eigenvalue weighted by Crippen LogP contribution is 2.25. The summed E-state index contributed by atoms with van der Waals surface area (Å²) in [7, 11) is -4.27. The number of pyridine rings is 1. The summed E-state index contributed by atoms with van der Waals surface area (Å²) < 4.78 is 57.3. The average Bonchev–Trinajstić information content (AvgIpc) is 2.70. The first kappa shape index (κ1) is 21.1. The lowest BCUT2D eigenvalue weighted by Crippen LogP contribution is -2.49. The fourth-order valence-electron chi connectivity index (χ4n) is 3.63. The molecule has 0 spiro atoms. The highest BCUT2D eigenvalue weighted by molar-refractivity contribution is 9.10. The fourth-order valence-corrected chi connectivity index (χ4v) is 5.76. The van der Waals surface area contributed by atoms with Crippen LogP contribution in [0.25, 0.3) is 10.9 Å². The first-order valence-corrected chi connectivity index (χ1v) is 11.5. The summed E-state index contributed by atoms with van der Waals surface area (Å²) in [6, 6.07) is 9.91. The minimum absolute atomic E-state index is 0.0784. The number of nitrogens with zero attached hydrogens (tertiary/aromatic N) is 3. The SMILES string of the molecule is O=c1ccn(CN2CCN(S(=O)(=O)c3c(F)cccc3F)CC2)c2c(Br)cccc12. The first-order valence-electron chi connectivity index (χ1n) is 9.23. The van der Waals surface area contributed by atoms with Crippen LogP contribution < -0.4 is 5.43 Å². The Kier molecular flexibility index (Phi) is 5.75. The van der Waals surface area contributed by atoms with Crippen LogP contribution in [0.3, 0.4) is 0 Å². The number of benzene rings is 2. The van der Waals surface area contributed by atoms with Gasteiger partial charge in [-0.2, -0.15) is 4.31 Å². The second-order valence-electron chi connectivity index (χ2n) is 7.00. The molecule has 3 aromatic rings. The van der Waals surface area contributed by atoms with Gasteiger partial charge in [0.15, 0.2) is 10.3 Å². The Hall–Kier alpha value is -2.14. The summed E-state index contributed by atoms with van der Waals surface area (Å²) in [5, 5.41) is 0.586. The molecule has 1 saturated heterocycles. The van der Waals surface area contributed by atoms with Gasteiger partial charge in [0.25, 0.3) is 0 Å². The van der Waals surface area contributed by atoms with Crippen LogP contribution >= 0.6 is 15.9 Å². The zero-order chi connectivity index (χ0) is 21.5. The van der Waals surface area contributed by atoms with Crippen LogP contribution in [-0.4, -0.2) is 48.4 Å². The van der Waals surface area contributed by atoms with Gasteiger partial charge in [-0.1, -0.05) is 12.1 Å². The van der Waals surface area contributed by atoms with Gasteiger partial charge >= 0.3 is 0 Å². The molecular formula is C20H18BrF2N3O3S. The summed E-state index contributed by atoms with van der Waals surface area (Å²) in [5.41, 5.74) is 0.679. The second kappa shape index (κ2) is 8.18. The number of halogens is 3. The monoisotopic (exact) mass is 497 g/mol. The highest BCUT2D eigenvalue weighted by atomic mass is 79.9. The van der Waals surface area contributed by atoms with E-state index in [1.165, 1.54) is 6.07 Å². The Morgan fingerprint density at radius 1 is 0.933 bits per heavy atom. The fraction of sp³-hybridized carbons (Fsp3) is 0.250. The van der Waals surface area contributed by atoms with Crippen LogP contribution in [-0.2, 0) is 16.7 Å². The predicted molar refractivity (Wildman–Crippen MR) is 113 cm³/mol. The van der Waals surface area contributed by atoms with Crippen molar-refractivity contribution in [1.29, 1.82) is 0 Å². The van der Waals surface area contributed by atoms with Crippen LogP contribution in [0.4, 0.5) is 8.78 Å². The molecule has 30 heavy (non-hydrogen) atoms. The van der Waals surface area contributed by atoms with Crippen molar-refractivity contribution in [2.24, 2.45) is 0 Å². The van der Waals surface area contributed by atoms with Gasteiger partial charge in [0.05, 0.1) is 12.2 Å². The Balaban J connectivity index is 1.53. The first-order chi connectivity index (χ1) is 14.3. The van der Waals surface area contributed by atoms with Crippen LogP contribution in [0, 0.1) is 11.6 Å². The van der Waals surface area contributed by atoms with Crippen molar-refractivity contribution in [3.05, 3.63) is 75.0 Å². The number of hydrogen-bond acceptors (Lipinski definition) is 4. The number of hydrogen-bond donors (Lipinski definition) is 0. The van der Waals surface area contributed by atoms with Gasteiger partial charge in [-0.3, -0.25) is 9.69 Å². The van der Waals surface area contributed by atoms with E-state index in [1.807, 2.05) is 15.5 Å². The van der Waals surface area contributed by atoms with Crippen molar-refractivity contribution in [1.82, 2.24) is 13.8 Å². The van der Waals surface area contributed by atoms with Crippen molar-refractivity contribution in [3.8, 4) is 0 Å². The van der Waals surface area contributed by atoms with Crippen molar-refractivity contribution < 1.29 is 17.2 Å². The third-order valence-electron chi connectivity index (χ3n) is 5.15. The Morgan fingerprint density at radius 2 is 1.57 bits per heavy atom. The number of piperazine rings is 1. The molecule has 10 heteroatoms. The maximum absolute atomic E-state index is 14.0. The molecule has 1 aliphatic rings. The molecule has 4 rings (SSSR count). The van der Waals surface area contributed by atoms with E-state index in [-0.39, 0.29) is 18.5 Å². The maximum Gasteiger partial charge on any atom is 0.249 e. The van der Waals surface area contributed by atoms with E-state index in [0.717, 1.165) is 32.5 Å². The van der Waals surface area contributed by atoms with E-state index < -0.39 is 26.6 Å². The lowest BCUT2D eigenvalue weighted by Gasteiger charge is -2.34. The van der Waals surface area contributed by atoms with Crippen LogP contribution in [0.15, 0.2) is 62.8 Å². The van der Waals surface area contributed by atoms with E-state index in [1.54, 1.807) is 18.3 Å². The summed E-state index contributed by atoms with van der Waals surface area (Å²) in [6.45, 7) is 1.42. The molecule has 2 aromatic carbocycles. The van der Waals surface area contributed by atoms with E-state index in [2.05, 4.69) is 15.9 Å². The molecule has 6 nitrogen and oxygen atoms in total. The number of aromatic nitrogens is 1. The number of rotatable bonds is 4. The largest absolute Gasteiger partial charge is 0.333 e. The molecule has 0 unspecified atom stereocenters. The molecule has 1 aromatic heterocycles. The van der Waals surface area contributed by atoms with Gasteiger partial charge in [0, 0.05) is 48.3 Å². The molecular weight excluding hydrogens is 480 g/mol.